The van der Waals surface area contributed by atoms with Crippen LogP contribution in [0, 0.1) is 0 Å². The van der Waals surface area contributed by atoms with Crippen molar-refractivity contribution in [2.45, 2.75) is 31.9 Å². The predicted octanol–water partition coefficient (Wildman–Crippen LogP) is 5.42. The second-order valence-electron chi connectivity index (χ2n) is 6.93. The molecule has 148 valence electrons. The number of hydrogen-bond acceptors (Lipinski definition) is 4. The zero-order valence-corrected chi connectivity index (χ0v) is 16.2. The summed E-state index contributed by atoms with van der Waals surface area (Å²) in [4.78, 5) is 26.0. The van der Waals surface area contributed by atoms with E-state index in [4.69, 9.17) is 14.5 Å². The highest BCUT2D eigenvalue weighted by atomic mass is 17.2. The van der Waals surface area contributed by atoms with Crippen molar-refractivity contribution in [3.63, 3.8) is 0 Å². The molecule has 1 fully saturated rings. The maximum absolute atomic E-state index is 13.1. The highest BCUT2D eigenvalue weighted by molar-refractivity contribution is 5.69. The fourth-order valence-electron chi connectivity index (χ4n) is 3.53. The molecule has 29 heavy (non-hydrogen) atoms. The van der Waals surface area contributed by atoms with Gasteiger partial charge in [0.2, 0.25) is 0 Å². The molecule has 4 rings (SSSR count). The Bertz CT molecular complexity index is 917. The lowest BCUT2D eigenvalue weighted by Gasteiger charge is -2.43. The maximum atomic E-state index is 13.1. The molecule has 1 saturated heterocycles. The van der Waals surface area contributed by atoms with Crippen molar-refractivity contribution in [3.8, 4) is 0 Å². The van der Waals surface area contributed by atoms with Crippen LogP contribution in [-0.2, 0) is 21.1 Å². The second-order valence-corrected chi connectivity index (χ2v) is 6.93. The minimum atomic E-state index is -0.594. The Kier molecular flexibility index (Phi) is 5.89. The largest absolute Gasteiger partial charge is 0.444 e. The van der Waals surface area contributed by atoms with Gasteiger partial charge in [-0.1, -0.05) is 91.0 Å². The molecule has 0 bridgehead atoms. The van der Waals surface area contributed by atoms with E-state index in [1.54, 1.807) is 11.8 Å². The fourth-order valence-corrected chi connectivity index (χ4v) is 3.53. The van der Waals surface area contributed by atoms with Crippen LogP contribution in [0.2, 0.25) is 0 Å². The Morgan fingerprint density at radius 3 is 2.00 bits per heavy atom. The molecule has 1 amide bonds. The average Bonchev–Trinajstić information content (AvgIpc) is 2.79. The summed E-state index contributed by atoms with van der Waals surface area (Å²) < 4.78 is 5.63. The van der Waals surface area contributed by atoms with Crippen molar-refractivity contribution in [2.75, 3.05) is 0 Å². The lowest BCUT2D eigenvalue weighted by Crippen LogP contribution is -2.49. The van der Waals surface area contributed by atoms with Crippen LogP contribution in [0.1, 0.15) is 35.8 Å². The molecule has 0 radical (unpaired) electrons. The van der Waals surface area contributed by atoms with Crippen molar-refractivity contribution in [3.05, 3.63) is 108 Å². The quantitative estimate of drug-likeness (QED) is 0.560. The van der Waals surface area contributed by atoms with E-state index in [1.807, 2.05) is 91.0 Å². The van der Waals surface area contributed by atoms with Crippen molar-refractivity contribution in [1.29, 1.82) is 0 Å². The van der Waals surface area contributed by atoms with E-state index in [0.717, 1.165) is 16.7 Å². The predicted molar refractivity (Wildman–Crippen MR) is 108 cm³/mol. The lowest BCUT2D eigenvalue weighted by atomic mass is 9.94. The Hall–Kier alpha value is -3.15. The summed E-state index contributed by atoms with van der Waals surface area (Å²) in [6, 6.07) is 28.8. The van der Waals surface area contributed by atoms with E-state index in [-0.39, 0.29) is 12.6 Å². The molecule has 1 aliphatic heterocycles. The van der Waals surface area contributed by atoms with Crippen LogP contribution in [0.15, 0.2) is 91.0 Å². The van der Waals surface area contributed by atoms with E-state index in [2.05, 4.69) is 0 Å². The van der Waals surface area contributed by atoms with Crippen LogP contribution in [0.3, 0.4) is 0 Å². The Morgan fingerprint density at radius 1 is 0.828 bits per heavy atom. The molecule has 0 unspecified atom stereocenters. The third-order valence-electron chi connectivity index (χ3n) is 4.96. The first-order chi connectivity index (χ1) is 14.2. The van der Waals surface area contributed by atoms with Gasteiger partial charge < -0.3 is 4.74 Å². The summed E-state index contributed by atoms with van der Waals surface area (Å²) in [7, 11) is 0. The van der Waals surface area contributed by atoms with Crippen molar-refractivity contribution >= 4 is 6.09 Å². The Balaban J connectivity index is 1.64. The zero-order chi connectivity index (χ0) is 20.1. The van der Waals surface area contributed by atoms with Gasteiger partial charge in [0.15, 0.2) is 6.23 Å². The molecule has 5 heteroatoms. The highest BCUT2D eigenvalue weighted by Crippen LogP contribution is 2.42. The number of amides is 1. The topological polar surface area (TPSA) is 48.0 Å². The van der Waals surface area contributed by atoms with E-state index in [1.165, 1.54) is 0 Å². The first-order valence-corrected chi connectivity index (χ1v) is 9.65. The second kappa shape index (κ2) is 8.90. The first-order valence-electron chi connectivity index (χ1n) is 9.65. The third kappa shape index (κ3) is 4.31. The summed E-state index contributed by atoms with van der Waals surface area (Å²) in [5.41, 5.74) is 2.81. The maximum Gasteiger partial charge on any atom is 0.412 e. The molecular formula is C24H23NO4. The molecule has 5 nitrogen and oxygen atoms in total. The first kappa shape index (κ1) is 19.2. The lowest BCUT2D eigenvalue weighted by molar-refractivity contribution is -0.414. The molecule has 1 heterocycles. The van der Waals surface area contributed by atoms with Crippen molar-refractivity contribution < 1.29 is 19.3 Å². The minimum absolute atomic E-state index is 0.196. The van der Waals surface area contributed by atoms with Gasteiger partial charge in [-0.3, -0.25) is 4.90 Å². The van der Waals surface area contributed by atoms with Crippen LogP contribution in [-0.4, -0.2) is 17.2 Å². The van der Waals surface area contributed by atoms with Crippen molar-refractivity contribution in [2.24, 2.45) is 0 Å². The van der Waals surface area contributed by atoms with Crippen LogP contribution in [0.5, 0.6) is 0 Å². The van der Waals surface area contributed by atoms with Gasteiger partial charge in [0.25, 0.3) is 0 Å². The standard InChI is InChI=1S/C24H23NO4/c1-18-25(24(26)27-17-19-11-5-2-6-12-19)22(20-13-7-3-8-14-20)23(29-28-18)21-15-9-4-10-16-21/h2-16,18,22-23H,17H2,1H3/t18-,22-,23+/m0/s1. The molecular weight excluding hydrogens is 366 g/mol. The summed E-state index contributed by atoms with van der Waals surface area (Å²) in [6.07, 6.45) is -1.51. The number of hydrogen-bond donors (Lipinski definition) is 0. The van der Waals surface area contributed by atoms with Gasteiger partial charge in [0.05, 0.1) is 6.04 Å². The number of rotatable bonds is 4. The van der Waals surface area contributed by atoms with Gasteiger partial charge in [0, 0.05) is 0 Å². The molecule has 3 aromatic rings. The molecule has 3 aromatic carbocycles. The molecule has 0 N–H and O–H groups in total. The normalized spacial score (nSPS) is 21.6. The molecule has 1 aliphatic rings. The molecule has 0 aliphatic carbocycles. The van der Waals surface area contributed by atoms with Gasteiger partial charge in [0.1, 0.15) is 12.7 Å². The Labute approximate surface area is 170 Å². The zero-order valence-electron chi connectivity index (χ0n) is 16.2. The van der Waals surface area contributed by atoms with E-state index >= 15 is 0 Å². The molecule has 0 spiro atoms. The molecule has 0 saturated carbocycles. The van der Waals surface area contributed by atoms with Crippen molar-refractivity contribution in [1.82, 2.24) is 4.90 Å². The highest BCUT2D eigenvalue weighted by Gasteiger charge is 2.43. The van der Waals surface area contributed by atoms with Gasteiger partial charge in [-0.25, -0.2) is 14.6 Å². The van der Waals surface area contributed by atoms with Gasteiger partial charge in [-0.2, -0.15) is 0 Å². The molecule has 3 atom stereocenters. The summed E-state index contributed by atoms with van der Waals surface area (Å²) >= 11 is 0. The number of ether oxygens (including phenoxy) is 1. The summed E-state index contributed by atoms with van der Waals surface area (Å²) in [5, 5.41) is 0. The van der Waals surface area contributed by atoms with Gasteiger partial charge >= 0.3 is 6.09 Å². The van der Waals surface area contributed by atoms with Crippen LogP contribution in [0.25, 0.3) is 0 Å². The Morgan fingerprint density at radius 2 is 1.38 bits per heavy atom. The van der Waals surface area contributed by atoms with Crippen LogP contribution >= 0.6 is 0 Å². The average molecular weight is 389 g/mol. The number of benzene rings is 3. The number of carbonyl (C=O) groups is 1. The number of nitrogens with zero attached hydrogens (tertiary/aromatic N) is 1. The third-order valence-corrected chi connectivity index (χ3v) is 4.96. The van der Waals surface area contributed by atoms with E-state index in [0.29, 0.717) is 0 Å². The minimum Gasteiger partial charge on any atom is -0.444 e. The monoisotopic (exact) mass is 389 g/mol. The molecule has 0 aromatic heterocycles. The van der Waals surface area contributed by atoms with E-state index < -0.39 is 18.4 Å². The van der Waals surface area contributed by atoms with Crippen LogP contribution in [0.4, 0.5) is 4.79 Å². The van der Waals surface area contributed by atoms with Gasteiger partial charge in [-0.05, 0) is 23.6 Å². The summed E-state index contributed by atoms with van der Waals surface area (Å²) in [5.74, 6) is 0. The smallest absolute Gasteiger partial charge is 0.412 e. The van der Waals surface area contributed by atoms with E-state index in [9.17, 15) is 4.79 Å². The van der Waals surface area contributed by atoms with Gasteiger partial charge in [-0.15, -0.1) is 0 Å². The SMILES string of the molecule is C[C@@H]1OO[C@H](c2ccccc2)[C@H](c2ccccc2)N1C(=O)OCc1ccccc1. The summed E-state index contributed by atoms with van der Waals surface area (Å²) in [6.45, 7) is 1.97. The number of carbonyl (C=O) groups excluding carboxylic acids is 1. The van der Waals surface area contributed by atoms with Crippen LogP contribution < -0.4 is 0 Å². The fraction of sp³-hybridized carbons (Fsp3) is 0.208.